The van der Waals surface area contributed by atoms with Crippen molar-refractivity contribution in [3.63, 3.8) is 0 Å². The summed E-state index contributed by atoms with van der Waals surface area (Å²) in [5.74, 6) is 0.726. The number of carbonyl (C=O) groups excluding carboxylic acids is 2. The van der Waals surface area contributed by atoms with Gasteiger partial charge in [-0.3, -0.25) is 9.59 Å². The number of hydrogen-bond donors (Lipinski definition) is 1. The minimum Gasteiger partial charge on any atom is -0.353 e. The van der Waals surface area contributed by atoms with Crippen molar-refractivity contribution in [2.24, 2.45) is 0 Å². The second-order valence-corrected chi connectivity index (χ2v) is 5.57. The summed E-state index contributed by atoms with van der Waals surface area (Å²) in [7, 11) is 0. The van der Waals surface area contributed by atoms with Gasteiger partial charge in [-0.25, -0.2) is 0 Å². The molecule has 0 aromatic heterocycles. The third-order valence-corrected chi connectivity index (χ3v) is 4.53. The van der Waals surface area contributed by atoms with Gasteiger partial charge in [0.25, 0.3) is 0 Å². The summed E-state index contributed by atoms with van der Waals surface area (Å²) >= 11 is 1.72. The average molecular weight is 262 g/mol. The van der Waals surface area contributed by atoms with Crippen LogP contribution >= 0.6 is 11.8 Å². The Balaban J connectivity index is 1.80. The molecular formula is C13H14N2O2S. The van der Waals surface area contributed by atoms with Gasteiger partial charge in [-0.1, -0.05) is 18.2 Å². The number of benzene rings is 1. The third kappa shape index (κ3) is 1.99. The molecule has 1 saturated heterocycles. The van der Waals surface area contributed by atoms with Crippen LogP contribution in [-0.4, -0.2) is 42.1 Å². The first kappa shape index (κ1) is 11.6. The number of amides is 2. The fraction of sp³-hybridized carbons (Fsp3) is 0.385. The summed E-state index contributed by atoms with van der Waals surface area (Å²) in [5.41, 5.74) is 1.11. The summed E-state index contributed by atoms with van der Waals surface area (Å²) in [6, 6.07) is 8.03. The maximum absolute atomic E-state index is 12.4. The fourth-order valence-electron chi connectivity index (χ4n) is 2.41. The molecule has 2 heterocycles. The molecule has 2 amide bonds. The lowest BCUT2D eigenvalue weighted by Gasteiger charge is -2.29. The zero-order valence-corrected chi connectivity index (χ0v) is 10.7. The molecule has 3 rings (SSSR count). The molecule has 18 heavy (non-hydrogen) atoms. The van der Waals surface area contributed by atoms with Crippen LogP contribution in [0, 0.1) is 0 Å². The molecule has 1 atom stereocenters. The van der Waals surface area contributed by atoms with E-state index in [0.717, 1.165) is 11.3 Å². The molecule has 5 heteroatoms. The van der Waals surface area contributed by atoms with Crippen molar-refractivity contribution in [3.8, 4) is 0 Å². The van der Waals surface area contributed by atoms with Crippen molar-refractivity contribution in [2.75, 3.05) is 25.4 Å². The molecule has 1 fully saturated rings. The molecule has 4 nitrogen and oxygen atoms in total. The van der Waals surface area contributed by atoms with Gasteiger partial charge in [-0.05, 0) is 11.6 Å². The average Bonchev–Trinajstić information content (AvgIpc) is 2.82. The van der Waals surface area contributed by atoms with Crippen molar-refractivity contribution in [3.05, 3.63) is 29.8 Å². The Labute approximate surface area is 110 Å². The second kappa shape index (κ2) is 4.65. The van der Waals surface area contributed by atoms with Gasteiger partial charge in [0.2, 0.25) is 11.8 Å². The number of rotatable bonds is 1. The Morgan fingerprint density at radius 2 is 2.22 bits per heavy atom. The highest BCUT2D eigenvalue weighted by Crippen LogP contribution is 2.40. The Hall–Kier alpha value is -1.49. The number of hydrogen-bond acceptors (Lipinski definition) is 3. The Morgan fingerprint density at radius 1 is 1.39 bits per heavy atom. The van der Waals surface area contributed by atoms with Gasteiger partial charge in [0.05, 0.1) is 12.5 Å². The minimum atomic E-state index is -0.0860. The highest BCUT2D eigenvalue weighted by molar-refractivity contribution is 7.99. The van der Waals surface area contributed by atoms with E-state index in [1.165, 1.54) is 4.90 Å². The van der Waals surface area contributed by atoms with Crippen LogP contribution in [0.4, 0.5) is 0 Å². The predicted molar refractivity (Wildman–Crippen MR) is 69.5 cm³/mol. The molecule has 1 aromatic rings. The van der Waals surface area contributed by atoms with Crippen LogP contribution in [0.2, 0.25) is 0 Å². The van der Waals surface area contributed by atoms with Gasteiger partial charge in [-0.2, -0.15) is 0 Å². The van der Waals surface area contributed by atoms with Crippen LogP contribution in [0.3, 0.4) is 0 Å². The van der Waals surface area contributed by atoms with Crippen LogP contribution in [0.25, 0.3) is 0 Å². The van der Waals surface area contributed by atoms with E-state index in [1.807, 2.05) is 18.2 Å². The van der Waals surface area contributed by atoms with E-state index in [9.17, 15) is 9.59 Å². The summed E-state index contributed by atoms with van der Waals surface area (Å²) in [6.45, 7) is 1.38. The number of fused-ring (bicyclic) bond motifs is 1. The van der Waals surface area contributed by atoms with Gasteiger partial charge >= 0.3 is 0 Å². The monoisotopic (exact) mass is 262 g/mol. The molecule has 0 aliphatic carbocycles. The van der Waals surface area contributed by atoms with E-state index in [-0.39, 0.29) is 24.3 Å². The second-order valence-electron chi connectivity index (χ2n) is 4.51. The molecule has 94 valence electrons. The summed E-state index contributed by atoms with van der Waals surface area (Å²) < 4.78 is 0. The molecule has 1 aromatic carbocycles. The maximum atomic E-state index is 12.4. The lowest BCUT2D eigenvalue weighted by molar-refractivity contribution is -0.139. The first-order valence-electron chi connectivity index (χ1n) is 6.03. The van der Waals surface area contributed by atoms with Crippen LogP contribution in [0.5, 0.6) is 0 Å². The SMILES string of the molecule is O=C1CN(C(=O)C2CSc3ccccc32)CCN1. The molecule has 0 spiro atoms. The van der Waals surface area contributed by atoms with Crippen LogP contribution in [0.15, 0.2) is 29.2 Å². The quantitative estimate of drug-likeness (QED) is 0.815. The molecule has 1 unspecified atom stereocenters. The van der Waals surface area contributed by atoms with Gasteiger partial charge < -0.3 is 10.2 Å². The van der Waals surface area contributed by atoms with Crippen molar-refractivity contribution in [1.29, 1.82) is 0 Å². The highest BCUT2D eigenvalue weighted by Gasteiger charge is 2.33. The Bertz CT molecular complexity index is 504. The molecule has 2 aliphatic rings. The number of carbonyl (C=O) groups is 2. The largest absolute Gasteiger partial charge is 0.353 e. The minimum absolute atomic E-state index is 0.0615. The first-order chi connectivity index (χ1) is 8.75. The van der Waals surface area contributed by atoms with Crippen molar-refractivity contribution < 1.29 is 9.59 Å². The number of nitrogens with one attached hydrogen (secondary N) is 1. The van der Waals surface area contributed by atoms with Gasteiger partial charge in [0, 0.05) is 23.7 Å². The van der Waals surface area contributed by atoms with Gasteiger partial charge in [0.15, 0.2) is 0 Å². The van der Waals surface area contributed by atoms with Crippen molar-refractivity contribution in [1.82, 2.24) is 10.2 Å². The third-order valence-electron chi connectivity index (χ3n) is 3.35. The van der Waals surface area contributed by atoms with E-state index in [0.29, 0.717) is 13.1 Å². The van der Waals surface area contributed by atoms with E-state index in [1.54, 1.807) is 16.7 Å². The van der Waals surface area contributed by atoms with Crippen molar-refractivity contribution in [2.45, 2.75) is 10.8 Å². The molecule has 1 N–H and O–H groups in total. The van der Waals surface area contributed by atoms with Crippen LogP contribution in [0.1, 0.15) is 11.5 Å². The lowest BCUT2D eigenvalue weighted by Crippen LogP contribution is -2.51. The zero-order chi connectivity index (χ0) is 12.5. The first-order valence-corrected chi connectivity index (χ1v) is 7.01. The lowest BCUT2D eigenvalue weighted by atomic mass is 9.99. The Kier molecular flexibility index (Phi) is 2.99. The van der Waals surface area contributed by atoms with Crippen LogP contribution < -0.4 is 5.32 Å². The summed E-state index contributed by atoms with van der Waals surface area (Å²) in [6.07, 6.45) is 0. The van der Waals surface area contributed by atoms with Crippen molar-refractivity contribution >= 4 is 23.6 Å². The normalized spacial score (nSPS) is 22.6. The maximum Gasteiger partial charge on any atom is 0.239 e. The van der Waals surface area contributed by atoms with E-state index >= 15 is 0 Å². The van der Waals surface area contributed by atoms with E-state index in [4.69, 9.17) is 0 Å². The number of nitrogens with zero attached hydrogens (tertiary/aromatic N) is 1. The predicted octanol–water partition coefficient (Wildman–Crippen LogP) is 0.834. The van der Waals surface area contributed by atoms with Crippen LogP contribution in [-0.2, 0) is 9.59 Å². The standard InChI is InChI=1S/C13H14N2O2S/c16-12-7-15(6-5-14-12)13(17)10-8-18-11-4-2-1-3-9(10)11/h1-4,10H,5-8H2,(H,14,16). The smallest absolute Gasteiger partial charge is 0.239 e. The molecular weight excluding hydrogens is 248 g/mol. The van der Waals surface area contributed by atoms with Gasteiger partial charge in [-0.15, -0.1) is 11.8 Å². The van der Waals surface area contributed by atoms with E-state index in [2.05, 4.69) is 11.4 Å². The summed E-state index contributed by atoms with van der Waals surface area (Å²) in [5, 5.41) is 2.74. The molecule has 2 aliphatic heterocycles. The summed E-state index contributed by atoms with van der Waals surface area (Å²) in [4.78, 5) is 26.6. The highest BCUT2D eigenvalue weighted by atomic mass is 32.2. The number of piperazine rings is 1. The molecule has 0 radical (unpaired) electrons. The zero-order valence-electron chi connectivity index (χ0n) is 9.89. The van der Waals surface area contributed by atoms with E-state index < -0.39 is 0 Å². The van der Waals surface area contributed by atoms with Gasteiger partial charge in [0.1, 0.15) is 0 Å². The molecule has 0 bridgehead atoms. The fourth-order valence-corrected chi connectivity index (χ4v) is 3.63. The Morgan fingerprint density at radius 3 is 3.06 bits per heavy atom. The topological polar surface area (TPSA) is 49.4 Å². The number of thioether (sulfide) groups is 1. The molecule has 0 saturated carbocycles.